The van der Waals surface area contributed by atoms with Crippen LogP contribution in [0.25, 0.3) is 0 Å². The Morgan fingerprint density at radius 1 is 1.47 bits per heavy atom. The zero-order chi connectivity index (χ0) is 11.3. The lowest BCUT2D eigenvalue weighted by Crippen LogP contribution is -2.26. The minimum atomic E-state index is -0.397. The second-order valence-electron chi connectivity index (χ2n) is 3.58. The van der Waals surface area contributed by atoms with Crippen LogP contribution < -0.4 is 5.32 Å². The highest BCUT2D eigenvalue weighted by Gasteiger charge is 2.27. The maximum absolute atomic E-state index is 5.45. The van der Waals surface area contributed by atoms with Gasteiger partial charge in [0.25, 0.3) is 0 Å². The Bertz CT molecular complexity index is 310. The van der Waals surface area contributed by atoms with Gasteiger partial charge in [-0.25, -0.2) is 9.97 Å². The molecule has 0 amide bonds. The first kappa shape index (κ1) is 11.9. The Hall–Kier alpha value is -1.16. The summed E-state index contributed by atoms with van der Waals surface area (Å²) in [6.45, 7) is 6.95. The monoisotopic (exact) mass is 209 g/mol. The van der Waals surface area contributed by atoms with Gasteiger partial charge >= 0.3 is 0 Å². The van der Waals surface area contributed by atoms with E-state index >= 15 is 0 Å². The normalized spacial score (nSPS) is 14.7. The van der Waals surface area contributed by atoms with Gasteiger partial charge in [0.15, 0.2) is 5.82 Å². The molecule has 0 fully saturated rings. The van der Waals surface area contributed by atoms with Gasteiger partial charge in [-0.2, -0.15) is 0 Å². The third kappa shape index (κ3) is 2.65. The molecule has 1 unspecified atom stereocenters. The lowest BCUT2D eigenvalue weighted by molar-refractivity contribution is -0.00887. The summed E-state index contributed by atoms with van der Waals surface area (Å²) >= 11 is 0. The number of nitrogens with zero attached hydrogens (tertiary/aromatic N) is 2. The highest BCUT2D eigenvalue weighted by atomic mass is 16.5. The summed E-state index contributed by atoms with van der Waals surface area (Å²) < 4.78 is 5.45. The van der Waals surface area contributed by atoms with Gasteiger partial charge < -0.3 is 10.1 Å². The van der Waals surface area contributed by atoms with E-state index in [4.69, 9.17) is 4.74 Å². The number of anilines is 1. The summed E-state index contributed by atoms with van der Waals surface area (Å²) in [5.74, 6) is 1.57. The quantitative estimate of drug-likeness (QED) is 0.807. The fraction of sp³-hybridized carbons (Fsp3) is 0.636. The van der Waals surface area contributed by atoms with E-state index in [-0.39, 0.29) is 0 Å². The molecule has 84 valence electrons. The summed E-state index contributed by atoms with van der Waals surface area (Å²) in [6, 6.07) is 1.86. The van der Waals surface area contributed by atoms with Crippen LogP contribution in [0.2, 0.25) is 0 Å². The first-order valence-corrected chi connectivity index (χ1v) is 5.28. The van der Waals surface area contributed by atoms with Gasteiger partial charge in [-0.15, -0.1) is 0 Å². The Morgan fingerprint density at radius 3 is 2.73 bits per heavy atom. The van der Waals surface area contributed by atoms with Crippen LogP contribution in [0.5, 0.6) is 0 Å². The first-order chi connectivity index (χ1) is 7.16. The summed E-state index contributed by atoms with van der Waals surface area (Å²) in [6.07, 6.45) is 2.60. The smallest absolute Gasteiger partial charge is 0.162 e. The second-order valence-corrected chi connectivity index (χ2v) is 3.58. The molecule has 0 radical (unpaired) electrons. The Balaban J connectivity index is 2.98. The Labute approximate surface area is 91.1 Å². The lowest BCUT2D eigenvalue weighted by Gasteiger charge is -2.24. The van der Waals surface area contributed by atoms with Gasteiger partial charge in [-0.05, 0) is 26.3 Å². The Morgan fingerprint density at radius 2 is 2.20 bits per heavy atom. The van der Waals surface area contributed by atoms with Crippen molar-refractivity contribution < 1.29 is 4.74 Å². The van der Waals surface area contributed by atoms with E-state index in [1.54, 1.807) is 13.3 Å². The molecule has 1 aromatic heterocycles. The number of ether oxygens (including phenoxy) is 1. The largest absolute Gasteiger partial charge is 0.371 e. The predicted octanol–water partition coefficient (Wildman–Crippen LogP) is 2.18. The summed E-state index contributed by atoms with van der Waals surface area (Å²) in [5, 5.41) is 3.16. The van der Waals surface area contributed by atoms with Crippen LogP contribution in [-0.2, 0) is 10.3 Å². The molecule has 1 N–H and O–H groups in total. The van der Waals surface area contributed by atoms with Crippen LogP contribution in [0.15, 0.2) is 12.3 Å². The van der Waals surface area contributed by atoms with Gasteiger partial charge in [0, 0.05) is 19.9 Å². The van der Waals surface area contributed by atoms with Crippen molar-refractivity contribution in [3.63, 3.8) is 0 Å². The van der Waals surface area contributed by atoms with Crippen molar-refractivity contribution in [2.24, 2.45) is 0 Å². The Kier molecular flexibility index (Phi) is 4.03. The van der Waals surface area contributed by atoms with Crippen molar-refractivity contribution in [2.45, 2.75) is 32.8 Å². The van der Waals surface area contributed by atoms with Gasteiger partial charge in [0.05, 0.1) is 0 Å². The van der Waals surface area contributed by atoms with Crippen molar-refractivity contribution in [1.29, 1.82) is 0 Å². The number of aromatic nitrogens is 2. The molecule has 0 aliphatic heterocycles. The highest BCUT2D eigenvalue weighted by Crippen LogP contribution is 2.25. The average Bonchev–Trinajstić information content (AvgIpc) is 2.29. The molecule has 1 heterocycles. The minimum Gasteiger partial charge on any atom is -0.371 e. The molecule has 0 spiro atoms. The third-order valence-electron chi connectivity index (χ3n) is 2.61. The summed E-state index contributed by atoms with van der Waals surface area (Å²) in [7, 11) is 1.69. The van der Waals surface area contributed by atoms with Gasteiger partial charge in [-0.1, -0.05) is 6.92 Å². The average molecular weight is 209 g/mol. The van der Waals surface area contributed by atoms with Crippen LogP contribution in [0.1, 0.15) is 33.0 Å². The van der Waals surface area contributed by atoms with E-state index in [0.717, 1.165) is 24.6 Å². The zero-order valence-corrected chi connectivity index (χ0v) is 9.87. The number of hydrogen-bond donors (Lipinski definition) is 1. The van der Waals surface area contributed by atoms with Gasteiger partial charge in [0.2, 0.25) is 0 Å². The standard InChI is InChI=1S/C11H19N3O/c1-5-11(3,15-4)10-13-8-7-9(14-10)12-6-2/h7-8H,5-6H2,1-4H3,(H,12,13,14). The van der Waals surface area contributed by atoms with Crippen molar-refractivity contribution in [2.75, 3.05) is 19.0 Å². The molecule has 1 atom stereocenters. The fourth-order valence-electron chi connectivity index (χ4n) is 1.29. The number of rotatable bonds is 5. The topological polar surface area (TPSA) is 47.0 Å². The first-order valence-electron chi connectivity index (χ1n) is 5.28. The molecule has 0 aliphatic carbocycles. The van der Waals surface area contributed by atoms with Crippen LogP contribution in [0.4, 0.5) is 5.82 Å². The van der Waals surface area contributed by atoms with Crippen LogP contribution >= 0.6 is 0 Å². The van der Waals surface area contributed by atoms with E-state index in [2.05, 4.69) is 22.2 Å². The van der Waals surface area contributed by atoms with E-state index < -0.39 is 5.60 Å². The predicted molar refractivity (Wildman–Crippen MR) is 60.8 cm³/mol. The number of methoxy groups -OCH3 is 1. The van der Waals surface area contributed by atoms with Gasteiger partial charge in [-0.3, -0.25) is 0 Å². The minimum absolute atomic E-state index is 0.397. The molecule has 0 aliphatic rings. The van der Waals surface area contributed by atoms with Crippen molar-refractivity contribution in [3.05, 3.63) is 18.1 Å². The molecule has 1 aromatic rings. The molecule has 0 saturated heterocycles. The summed E-state index contributed by atoms with van der Waals surface area (Å²) in [4.78, 5) is 8.69. The third-order valence-corrected chi connectivity index (χ3v) is 2.61. The maximum Gasteiger partial charge on any atom is 0.162 e. The van der Waals surface area contributed by atoms with E-state index in [9.17, 15) is 0 Å². The number of nitrogens with one attached hydrogen (secondary N) is 1. The molecule has 1 rings (SSSR count). The van der Waals surface area contributed by atoms with E-state index in [1.165, 1.54) is 0 Å². The molecular weight excluding hydrogens is 190 g/mol. The van der Waals surface area contributed by atoms with Crippen molar-refractivity contribution in [1.82, 2.24) is 9.97 Å². The van der Waals surface area contributed by atoms with Crippen molar-refractivity contribution >= 4 is 5.82 Å². The SMILES string of the molecule is CCNc1ccnc(C(C)(CC)OC)n1. The van der Waals surface area contributed by atoms with E-state index in [0.29, 0.717) is 0 Å². The van der Waals surface area contributed by atoms with E-state index in [1.807, 2.05) is 19.9 Å². The van der Waals surface area contributed by atoms with Crippen molar-refractivity contribution in [3.8, 4) is 0 Å². The van der Waals surface area contributed by atoms with Gasteiger partial charge in [0.1, 0.15) is 11.4 Å². The molecule has 0 aromatic carbocycles. The summed E-state index contributed by atoms with van der Waals surface area (Å²) in [5.41, 5.74) is -0.397. The maximum atomic E-state index is 5.45. The molecule has 15 heavy (non-hydrogen) atoms. The lowest BCUT2D eigenvalue weighted by atomic mass is 10.0. The molecule has 4 heteroatoms. The molecular formula is C11H19N3O. The highest BCUT2D eigenvalue weighted by molar-refractivity contribution is 5.33. The zero-order valence-electron chi connectivity index (χ0n) is 9.87. The van der Waals surface area contributed by atoms with Crippen LogP contribution in [0.3, 0.4) is 0 Å². The van der Waals surface area contributed by atoms with Crippen LogP contribution in [-0.4, -0.2) is 23.6 Å². The molecule has 4 nitrogen and oxygen atoms in total. The molecule has 0 saturated carbocycles. The second kappa shape index (κ2) is 5.07. The number of hydrogen-bond acceptors (Lipinski definition) is 4. The van der Waals surface area contributed by atoms with Crippen LogP contribution in [0, 0.1) is 0 Å². The molecule has 0 bridgehead atoms. The fourth-order valence-corrected chi connectivity index (χ4v) is 1.29.